The summed E-state index contributed by atoms with van der Waals surface area (Å²) in [6.45, 7) is 4.21. The molecule has 1 N–H and O–H groups in total. The van der Waals surface area contributed by atoms with Gasteiger partial charge in [0.25, 0.3) is 0 Å². The Balaban J connectivity index is 2.08. The van der Waals surface area contributed by atoms with E-state index >= 15 is 0 Å². The molecule has 0 aliphatic heterocycles. The fourth-order valence-electron chi connectivity index (χ4n) is 4.42. The van der Waals surface area contributed by atoms with E-state index in [1.54, 1.807) is 25.1 Å². The molecule has 0 heterocycles. The third kappa shape index (κ3) is 9.02. The maximum absolute atomic E-state index is 13.1. The van der Waals surface area contributed by atoms with Gasteiger partial charge in [-0.15, -0.1) is 0 Å². The van der Waals surface area contributed by atoms with Gasteiger partial charge >= 0.3 is 11.9 Å². The molecule has 0 radical (unpaired) electrons. The second-order valence-electron chi connectivity index (χ2n) is 9.61. The van der Waals surface area contributed by atoms with Gasteiger partial charge in [0, 0.05) is 32.1 Å². The normalized spacial score (nSPS) is 17.3. The molecule has 0 fully saturated rings. The van der Waals surface area contributed by atoms with E-state index in [0.29, 0.717) is 53.8 Å². The summed E-state index contributed by atoms with van der Waals surface area (Å²) in [5.41, 5.74) is -0.253. The smallest absolute Gasteiger partial charge is 0.338 e. The van der Waals surface area contributed by atoms with Crippen LogP contribution in [-0.2, 0) is 28.5 Å². The van der Waals surface area contributed by atoms with E-state index < -0.39 is 23.6 Å². The highest BCUT2D eigenvalue weighted by Gasteiger charge is 2.40. The molecule has 0 amide bonds. The number of carbonyl (C=O) groups excluding carboxylic acids is 2. The molecular weight excluding hydrogens is 536 g/mol. The summed E-state index contributed by atoms with van der Waals surface area (Å²) in [5, 5.41) is 9.57. The Labute approximate surface area is 242 Å². The van der Waals surface area contributed by atoms with Crippen molar-refractivity contribution in [3.63, 3.8) is 0 Å². The van der Waals surface area contributed by atoms with E-state index in [9.17, 15) is 14.7 Å². The fraction of sp³-hybridized carbons (Fsp3) is 0.600. The van der Waals surface area contributed by atoms with Crippen molar-refractivity contribution in [2.75, 3.05) is 55.4 Å². The number of benzene rings is 1. The number of rotatable bonds is 18. The molecule has 1 aromatic carbocycles. The van der Waals surface area contributed by atoms with E-state index in [2.05, 4.69) is 0 Å². The van der Waals surface area contributed by atoms with Crippen LogP contribution in [0.25, 0.3) is 0 Å². The summed E-state index contributed by atoms with van der Waals surface area (Å²) in [6, 6.07) is 3.10. The zero-order chi connectivity index (χ0) is 30.4. The maximum Gasteiger partial charge on any atom is 0.338 e. The van der Waals surface area contributed by atoms with Gasteiger partial charge in [-0.1, -0.05) is 13.3 Å². The van der Waals surface area contributed by atoms with Crippen LogP contribution in [0.2, 0.25) is 0 Å². The third-order valence-corrected chi connectivity index (χ3v) is 6.74. The Kier molecular flexibility index (Phi) is 13.8. The first-order valence-corrected chi connectivity index (χ1v) is 13.7. The standard InChI is InChI=1S/C30H44O11/c1-8-9-14-40-28(32)20-16-23(34-3)26(36-5)24(17-20)39-15-10-11-22(12-13-31)41-29(33)21-18-25(35-4)27(37-6)30(2,19-21)38-7/h16-18,22,31H,8-15,19H2,1-7H3. The van der Waals surface area contributed by atoms with Crippen molar-refractivity contribution in [1.29, 1.82) is 0 Å². The van der Waals surface area contributed by atoms with Crippen LogP contribution in [0.5, 0.6) is 17.2 Å². The monoisotopic (exact) mass is 580 g/mol. The molecule has 2 rings (SSSR count). The van der Waals surface area contributed by atoms with Crippen molar-refractivity contribution in [3.8, 4) is 17.2 Å². The van der Waals surface area contributed by atoms with Crippen molar-refractivity contribution in [2.24, 2.45) is 0 Å². The molecule has 0 bridgehead atoms. The van der Waals surface area contributed by atoms with Crippen molar-refractivity contribution >= 4 is 11.9 Å². The number of aliphatic hydroxyl groups excluding tert-OH is 1. The van der Waals surface area contributed by atoms with E-state index in [1.807, 2.05) is 6.92 Å². The van der Waals surface area contributed by atoms with Gasteiger partial charge in [-0.3, -0.25) is 0 Å². The zero-order valence-corrected chi connectivity index (χ0v) is 25.2. The minimum Gasteiger partial charge on any atom is -0.494 e. The molecule has 0 saturated heterocycles. The highest BCUT2D eigenvalue weighted by atomic mass is 16.6. The maximum atomic E-state index is 13.1. The summed E-state index contributed by atoms with van der Waals surface area (Å²) >= 11 is 0. The Morgan fingerprint density at radius 1 is 0.927 bits per heavy atom. The Bertz CT molecular complexity index is 1080. The first-order valence-electron chi connectivity index (χ1n) is 13.7. The first-order chi connectivity index (χ1) is 19.7. The molecule has 1 aliphatic carbocycles. The van der Waals surface area contributed by atoms with Gasteiger partial charge in [-0.2, -0.15) is 0 Å². The van der Waals surface area contributed by atoms with Crippen LogP contribution in [-0.4, -0.2) is 84.1 Å². The van der Waals surface area contributed by atoms with Crippen molar-refractivity contribution in [1.82, 2.24) is 0 Å². The quantitative estimate of drug-likeness (QED) is 0.197. The highest BCUT2D eigenvalue weighted by Crippen LogP contribution is 2.39. The van der Waals surface area contributed by atoms with Gasteiger partial charge in [0.1, 0.15) is 11.7 Å². The summed E-state index contributed by atoms with van der Waals surface area (Å²) < 4.78 is 44.4. The summed E-state index contributed by atoms with van der Waals surface area (Å²) in [6.07, 6.45) is 4.10. The van der Waals surface area contributed by atoms with Crippen molar-refractivity contribution in [3.05, 3.63) is 40.9 Å². The predicted octanol–water partition coefficient (Wildman–Crippen LogP) is 4.35. The van der Waals surface area contributed by atoms with Crippen LogP contribution in [0.4, 0.5) is 0 Å². The SMILES string of the molecule is CCCCOC(=O)c1cc(OC)c(OC)c(OCCCC(CCO)OC(=O)C2=CC(OC)=C(OC)C(C)(OC)C2)c1. The van der Waals surface area contributed by atoms with Crippen LogP contribution in [0.15, 0.2) is 35.3 Å². The van der Waals surface area contributed by atoms with Gasteiger partial charge in [-0.05, 0) is 44.4 Å². The van der Waals surface area contributed by atoms with E-state index in [-0.39, 0.29) is 31.6 Å². The molecule has 1 aromatic rings. The number of hydrogen-bond acceptors (Lipinski definition) is 11. The average Bonchev–Trinajstić information content (AvgIpc) is 2.98. The number of methoxy groups -OCH3 is 5. The lowest BCUT2D eigenvalue weighted by Gasteiger charge is -2.34. The predicted molar refractivity (Wildman–Crippen MR) is 150 cm³/mol. The number of unbranched alkanes of at least 4 members (excludes halogenated alkanes) is 1. The van der Waals surface area contributed by atoms with Crippen LogP contribution in [0.1, 0.15) is 62.7 Å². The second-order valence-corrected chi connectivity index (χ2v) is 9.61. The van der Waals surface area contributed by atoms with Crippen LogP contribution in [0, 0.1) is 0 Å². The summed E-state index contributed by atoms with van der Waals surface area (Å²) in [7, 11) is 7.49. The number of allylic oxidation sites excluding steroid dienone is 1. The Morgan fingerprint density at radius 2 is 1.66 bits per heavy atom. The minimum absolute atomic E-state index is 0.155. The second kappa shape index (κ2) is 16.7. The largest absolute Gasteiger partial charge is 0.494 e. The highest BCUT2D eigenvalue weighted by molar-refractivity contribution is 5.91. The molecule has 41 heavy (non-hydrogen) atoms. The van der Waals surface area contributed by atoms with Gasteiger partial charge in [0.15, 0.2) is 23.0 Å². The molecular formula is C30H44O11. The molecule has 11 nitrogen and oxygen atoms in total. The van der Waals surface area contributed by atoms with Gasteiger partial charge < -0.3 is 43.0 Å². The Morgan fingerprint density at radius 3 is 2.24 bits per heavy atom. The van der Waals surface area contributed by atoms with Gasteiger partial charge in [-0.25, -0.2) is 9.59 Å². The van der Waals surface area contributed by atoms with Gasteiger partial charge in [0.05, 0.1) is 47.2 Å². The molecule has 11 heteroatoms. The van der Waals surface area contributed by atoms with Gasteiger partial charge in [0.2, 0.25) is 5.75 Å². The third-order valence-electron chi connectivity index (χ3n) is 6.74. The first kappa shape index (κ1) is 33.8. The zero-order valence-electron chi connectivity index (χ0n) is 25.2. The van der Waals surface area contributed by atoms with E-state index in [0.717, 1.165) is 12.8 Å². The molecule has 0 saturated carbocycles. The lowest BCUT2D eigenvalue weighted by Crippen LogP contribution is -2.37. The number of aliphatic hydroxyl groups is 1. The average molecular weight is 581 g/mol. The van der Waals surface area contributed by atoms with E-state index in [1.165, 1.54) is 35.5 Å². The molecule has 0 spiro atoms. The lowest BCUT2D eigenvalue weighted by molar-refractivity contribution is -0.146. The number of esters is 2. The van der Waals surface area contributed by atoms with Crippen LogP contribution in [0.3, 0.4) is 0 Å². The molecule has 2 unspecified atom stereocenters. The molecule has 230 valence electrons. The molecule has 2 atom stereocenters. The number of carbonyl (C=O) groups is 2. The number of hydrogen-bond donors (Lipinski definition) is 1. The minimum atomic E-state index is -0.902. The fourth-order valence-corrected chi connectivity index (χ4v) is 4.42. The summed E-state index contributed by atoms with van der Waals surface area (Å²) in [4.78, 5) is 25.6. The topological polar surface area (TPSA) is 128 Å². The molecule has 1 aliphatic rings. The van der Waals surface area contributed by atoms with Crippen LogP contribution < -0.4 is 14.2 Å². The van der Waals surface area contributed by atoms with Crippen LogP contribution >= 0.6 is 0 Å². The van der Waals surface area contributed by atoms with Crippen molar-refractivity contribution in [2.45, 2.75) is 64.1 Å². The molecule has 0 aromatic heterocycles. The summed E-state index contributed by atoms with van der Waals surface area (Å²) in [5.74, 6) is 0.853. The van der Waals surface area contributed by atoms with Crippen molar-refractivity contribution < 1.29 is 52.6 Å². The Hall–Kier alpha value is -3.44. The lowest BCUT2D eigenvalue weighted by atomic mass is 9.88. The van der Waals surface area contributed by atoms with E-state index in [4.69, 9.17) is 37.9 Å². The number of ether oxygens (including phenoxy) is 8.